The monoisotopic (exact) mass is 423 g/mol. The van der Waals surface area contributed by atoms with E-state index in [9.17, 15) is 27.9 Å². The van der Waals surface area contributed by atoms with Gasteiger partial charge in [0.25, 0.3) is 5.89 Å². The number of carbonyl (C=O) groups excluding carboxylic acids is 1. The van der Waals surface area contributed by atoms with E-state index in [1.54, 1.807) is 4.90 Å². The van der Waals surface area contributed by atoms with Crippen molar-refractivity contribution in [2.45, 2.75) is 31.0 Å². The number of nitrogens with zero attached hydrogens (tertiary/aromatic N) is 2. The second kappa shape index (κ2) is 7.75. The lowest BCUT2D eigenvalue weighted by atomic mass is 9.91. The van der Waals surface area contributed by atoms with E-state index in [0.29, 0.717) is 31.9 Å². The summed E-state index contributed by atoms with van der Waals surface area (Å²) in [6.45, 7) is 0.783. The molecule has 30 heavy (non-hydrogen) atoms. The smallest absolute Gasteiger partial charge is 0.309 e. The predicted molar refractivity (Wildman–Crippen MR) is 98.4 cm³/mol. The van der Waals surface area contributed by atoms with Gasteiger partial charge in [-0.05, 0) is 31.4 Å². The van der Waals surface area contributed by atoms with Gasteiger partial charge in [-0.2, -0.15) is 0 Å². The van der Waals surface area contributed by atoms with Crippen molar-refractivity contribution in [3.05, 3.63) is 41.9 Å². The first-order chi connectivity index (χ1) is 14.2. The van der Waals surface area contributed by atoms with Gasteiger partial charge in [0.1, 0.15) is 17.3 Å². The third kappa shape index (κ3) is 4.33. The highest BCUT2D eigenvalue weighted by molar-refractivity contribution is 5.90. The average Bonchev–Trinajstić information content (AvgIpc) is 3.21. The Kier molecular flexibility index (Phi) is 5.27. The molecule has 1 saturated carbocycles. The molecule has 160 valence electrons. The Balaban J connectivity index is 1.43. The molecule has 2 N–H and O–H groups in total. The van der Waals surface area contributed by atoms with Crippen molar-refractivity contribution in [2.24, 2.45) is 5.92 Å². The standard InChI is InChI=1S/C20H20F3N3O4/c21-11-1-2-12(14(22)7-11)16-8-24-18(30-16)17(27)25-15-3-6-26(9-13(15)19(28)29)10-20(23)4-5-20/h1-2,7-8,13,15H,3-6,9-10H2,(H,25,27)(H,28,29)/t13-,15-/m0/s1. The number of benzene rings is 1. The highest BCUT2D eigenvalue weighted by Gasteiger charge is 2.46. The first kappa shape index (κ1) is 20.4. The fourth-order valence-corrected chi connectivity index (χ4v) is 3.70. The first-order valence-electron chi connectivity index (χ1n) is 9.60. The lowest BCUT2D eigenvalue weighted by Gasteiger charge is -2.37. The van der Waals surface area contributed by atoms with Gasteiger partial charge in [-0.25, -0.2) is 18.2 Å². The van der Waals surface area contributed by atoms with Gasteiger partial charge in [-0.1, -0.05) is 0 Å². The highest BCUT2D eigenvalue weighted by atomic mass is 19.1. The molecule has 1 aliphatic heterocycles. The molecule has 2 atom stereocenters. The minimum Gasteiger partial charge on any atom is -0.481 e. The number of piperidine rings is 1. The molecule has 7 nitrogen and oxygen atoms in total. The van der Waals surface area contributed by atoms with Crippen LogP contribution in [-0.4, -0.2) is 58.2 Å². The van der Waals surface area contributed by atoms with Gasteiger partial charge in [0.05, 0.1) is 17.7 Å². The van der Waals surface area contributed by atoms with Crippen molar-refractivity contribution in [3.63, 3.8) is 0 Å². The maximum atomic E-state index is 14.0. The number of oxazole rings is 1. The molecule has 0 radical (unpaired) electrons. The number of carboxylic acid groups (broad SMARTS) is 1. The van der Waals surface area contributed by atoms with Gasteiger partial charge >= 0.3 is 11.9 Å². The Labute approximate surface area is 169 Å². The summed E-state index contributed by atoms with van der Waals surface area (Å²) in [7, 11) is 0. The molecule has 1 saturated heterocycles. The van der Waals surface area contributed by atoms with Crippen LogP contribution in [0, 0.1) is 17.6 Å². The number of carboxylic acids is 1. The summed E-state index contributed by atoms with van der Waals surface area (Å²) in [5.41, 5.74) is -1.27. The van der Waals surface area contributed by atoms with Crippen LogP contribution in [0.15, 0.2) is 28.8 Å². The van der Waals surface area contributed by atoms with E-state index < -0.39 is 41.1 Å². The molecular formula is C20H20F3N3O4. The summed E-state index contributed by atoms with van der Waals surface area (Å²) in [6, 6.07) is 2.22. The van der Waals surface area contributed by atoms with Crippen LogP contribution in [0.5, 0.6) is 0 Å². The molecule has 2 aromatic rings. The topological polar surface area (TPSA) is 95.7 Å². The zero-order chi connectivity index (χ0) is 21.5. The highest BCUT2D eigenvalue weighted by Crippen LogP contribution is 2.41. The number of likely N-dealkylation sites (tertiary alicyclic amines) is 1. The molecule has 2 heterocycles. The number of carbonyl (C=O) groups is 2. The minimum absolute atomic E-state index is 0.0556. The molecule has 1 amide bonds. The number of hydrogen-bond acceptors (Lipinski definition) is 5. The maximum Gasteiger partial charge on any atom is 0.309 e. The van der Waals surface area contributed by atoms with Crippen molar-refractivity contribution in [1.29, 1.82) is 0 Å². The molecule has 10 heteroatoms. The zero-order valence-electron chi connectivity index (χ0n) is 15.9. The summed E-state index contributed by atoms with van der Waals surface area (Å²) in [4.78, 5) is 29.8. The Morgan fingerprint density at radius 1 is 1.33 bits per heavy atom. The Morgan fingerprint density at radius 3 is 2.77 bits per heavy atom. The van der Waals surface area contributed by atoms with Gasteiger partial charge in [0.15, 0.2) is 5.76 Å². The minimum atomic E-state index is -1.22. The van der Waals surface area contributed by atoms with Gasteiger partial charge in [-0.15, -0.1) is 0 Å². The second-order valence-corrected chi connectivity index (χ2v) is 7.85. The fourth-order valence-electron chi connectivity index (χ4n) is 3.70. The van der Waals surface area contributed by atoms with E-state index >= 15 is 0 Å². The van der Waals surface area contributed by atoms with E-state index in [0.717, 1.165) is 12.3 Å². The van der Waals surface area contributed by atoms with E-state index in [4.69, 9.17) is 4.42 Å². The quantitative estimate of drug-likeness (QED) is 0.742. The van der Waals surface area contributed by atoms with Crippen molar-refractivity contribution in [1.82, 2.24) is 15.2 Å². The van der Waals surface area contributed by atoms with Crippen LogP contribution >= 0.6 is 0 Å². The van der Waals surface area contributed by atoms with E-state index in [2.05, 4.69) is 10.3 Å². The van der Waals surface area contributed by atoms with Gasteiger partial charge in [0, 0.05) is 31.7 Å². The second-order valence-electron chi connectivity index (χ2n) is 7.85. The molecule has 1 aliphatic carbocycles. The van der Waals surface area contributed by atoms with E-state index in [-0.39, 0.29) is 30.3 Å². The van der Waals surface area contributed by atoms with Crippen LogP contribution in [0.2, 0.25) is 0 Å². The third-order valence-electron chi connectivity index (χ3n) is 5.53. The van der Waals surface area contributed by atoms with Crippen LogP contribution in [-0.2, 0) is 4.79 Å². The van der Waals surface area contributed by atoms with Crippen LogP contribution in [0.3, 0.4) is 0 Å². The van der Waals surface area contributed by atoms with E-state index in [1.807, 2.05) is 0 Å². The largest absolute Gasteiger partial charge is 0.481 e. The first-order valence-corrected chi connectivity index (χ1v) is 9.60. The van der Waals surface area contributed by atoms with Crippen molar-refractivity contribution in [2.75, 3.05) is 19.6 Å². The third-order valence-corrected chi connectivity index (χ3v) is 5.53. The summed E-state index contributed by atoms with van der Waals surface area (Å²) in [5.74, 6) is -4.76. The molecule has 0 spiro atoms. The van der Waals surface area contributed by atoms with Crippen molar-refractivity contribution < 1.29 is 32.3 Å². The number of aliphatic carboxylic acids is 1. The number of hydrogen-bond donors (Lipinski definition) is 2. The van der Waals surface area contributed by atoms with Crippen molar-refractivity contribution >= 4 is 11.9 Å². The SMILES string of the molecule is O=C(N[C@H]1CCN(CC2(F)CC2)C[C@@H]1C(=O)O)c1ncc(-c2ccc(F)cc2F)o1. The van der Waals surface area contributed by atoms with Crippen LogP contribution < -0.4 is 5.32 Å². The summed E-state index contributed by atoms with van der Waals surface area (Å²) in [5, 5.41) is 12.2. The van der Waals surface area contributed by atoms with Crippen LogP contribution in [0.4, 0.5) is 13.2 Å². The predicted octanol–water partition coefficient (Wildman–Crippen LogP) is 2.63. The molecule has 0 unspecified atom stereocenters. The van der Waals surface area contributed by atoms with Gasteiger partial charge < -0.3 is 14.8 Å². The summed E-state index contributed by atoms with van der Waals surface area (Å²) in [6.07, 6.45) is 2.45. The normalized spacial score (nSPS) is 23.2. The lowest BCUT2D eigenvalue weighted by Crippen LogP contribution is -2.54. The van der Waals surface area contributed by atoms with Crippen LogP contribution in [0.25, 0.3) is 11.3 Å². The molecular weight excluding hydrogens is 403 g/mol. The average molecular weight is 423 g/mol. The molecule has 2 fully saturated rings. The molecule has 2 aliphatic rings. The van der Waals surface area contributed by atoms with Gasteiger partial charge in [-0.3, -0.25) is 14.5 Å². The zero-order valence-corrected chi connectivity index (χ0v) is 15.9. The molecule has 4 rings (SSSR count). The summed E-state index contributed by atoms with van der Waals surface area (Å²) < 4.78 is 46.3. The number of rotatable bonds is 6. The number of alkyl halides is 1. The Hall–Kier alpha value is -2.88. The van der Waals surface area contributed by atoms with Crippen molar-refractivity contribution in [3.8, 4) is 11.3 Å². The fraction of sp³-hybridized carbons (Fsp3) is 0.450. The maximum absolute atomic E-state index is 14.0. The number of nitrogens with one attached hydrogen (secondary N) is 1. The summed E-state index contributed by atoms with van der Waals surface area (Å²) >= 11 is 0. The Morgan fingerprint density at radius 2 is 2.10 bits per heavy atom. The van der Waals surface area contributed by atoms with Crippen LogP contribution in [0.1, 0.15) is 29.9 Å². The lowest BCUT2D eigenvalue weighted by molar-refractivity contribution is -0.144. The number of halogens is 3. The Bertz CT molecular complexity index is 976. The number of aromatic nitrogens is 1. The molecule has 0 bridgehead atoms. The van der Waals surface area contributed by atoms with Gasteiger partial charge in [0.2, 0.25) is 0 Å². The number of amides is 1. The molecule has 1 aromatic carbocycles. The molecule has 1 aromatic heterocycles. The van der Waals surface area contributed by atoms with E-state index in [1.165, 1.54) is 6.07 Å².